The van der Waals surface area contributed by atoms with Gasteiger partial charge in [0.15, 0.2) is 5.82 Å². The van der Waals surface area contributed by atoms with Gasteiger partial charge in [-0.25, -0.2) is 0 Å². The van der Waals surface area contributed by atoms with Crippen molar-refractivity contribution in [2.24, 2.45) is 7.05 Å². The number of anilines is 1. The number of aryl methyl sites for hydroxylation is 1. The van der Waals surface area contributed by atoms with Crippen LogP contribution in [0, 0.1) is 0 Å². The lowest BCUT2D eigenvalue weighted by Crippen LogP contribution is -2.27. The third-order valence-corrected chi connectivity index (χ3v) is 4.37. The van der Waals surface area contributed by atoms with Crippen molar-refractivity contribution in [3.63, 3.8) is 0 Å². The topological polar surface area (TPSA) is 88.9 Å². The fourth-order valence-electron chi connectivity index (χ4n) is 2.29. The molecule has 128 valence electrons. The average Bonchev–Trinajstić information content (AvgIpc) is 3.26. The third-order valence-electron chi connectivity index (χ3n) is 3.50. The molecule has 0 saturated heterocycles. The third kappa shape index (κ3) is 4.30. The summed E-state index contributed by atoms with van der Waals surface area (Å²) in [6.45, 7) is 0.283. The second-order valence-corrected chi connectivity index (χ2v) is 6.33. The number of rotatable bonds is 6. The molecule has 0 aliphatic rings. The summed E-state index contributed by atoms with van der Waals surface area (Å²) in [5.41, 5.74) is 1.54. The first-order valence-electron chi connectivity index (χ1n) is 7.69. The first kappa shape index (κ1) is 16.8. The average molecular weight is 355 g/mol. The molecule has 0 fully saturated rings. The molecule has 0 unspecified atom stereocenters. The molecule has 7 nitrogen and oxygen atoms in total. The smallest absolute Gasteiger partial charge is 0.261 e. The van der Waals surface area contributed by atoms with Crippen molar-refractivity contribution in [1.82, 2.24) is 20.1 Å². The minimum atomic E-state index is -0.165. The van der Waals surface area contributed by atoms with Gasteiger partial charge in [-0.15, -0.1) is 21.5 Å². The van der Waals surface area contributed by atoms with Gasteiger partial charge in [0.1, 0.15) is 6.33 Å². The van der Waals surface area contributed by atoms with Crippen LogP contribution in [0.5, 0.6) is 0 Å². The normalized spacial score (nSPS) is 10.4. The van der Waals surface area contributed by atoms with Gasteiger partial charge in [0, 0.05) is 31.3 Å². The van der Waals surface area contributed by atoms with Crippen LogP contribution < -0.4 is 10.6 Å². The van der Waals surface area contributed by atoms with Crippen LogP contribution in [0.15, 0.2) is 48.1 Å². The monoisotopic (exact) mass is 355 g/mol. The molecule has 0 aliphatic heterocycles. The number of thiophene rings is 1. The molecule has 0 atom stereocenters. The van der Waals surface area contributed by atoms with Crippen LogP contribution in [0.4, 0.5) is 5.69 Å². The Kier molecular flexibility index (Phi) is 5.20. The number of carbonyl (C=O) groups excluding carboxylic acids is 2. The lowest BCUT2D eigenvalue weighted by atomic mass is 10.2. The summed E-state index contributed by atoms with van der Waals surface area (Å²) < 4.78 is 1.81. The second-order valence-electron chi connectivity index (χ2n) is 5.38. The number of nitrogens with one attached hydrogen (secondary N) is 2. The first-order chi connectivity index (χ1) is 12.1. The minimum Gasteiger partial charge on any atom is -0.351 e. The molecule has 0 spiro atoms. The number of hydrogen-bond acceptors (Lipinski definition) is 5. The van der Waals surface area contributed by atoms with Crippen molar-refractivity contribution in [2.45, 2.75) is 6.42 Å². The highest BCUT2D eigenvalue weighted by Gasteiger charge is 2.09. The lowest BCUT2D eigenvalue weighted by molar-refractivity contribution is -0.116. The molecule has 3 rings (SSSR count). The van der Waals surface area contributed by atoms with Crippen molar-refractivity contribution in [2.75, 3.05) is 11.9 Å². The zero-order valence-electron chi connectivity index (χ0n) is 13.6. The molecule has 25 heavy (non-hydrogen) atoms. The fourth-order valence-corrected chi connectivity index (χ4v) is 2.93. The van der Waals surface area contributed by atoms with E-state index in [4.69, 9.17) is 0 Å². The number of amides is 2. The summed E-state index contributed by atoms with van der Waals surface area (Å²) in [7, 11) is 1.86. The molecular weight excluding hydrogens is 338 g/mol. The molecule has 2 heterocycles. The summed E-state index contributed by atoms with van der Waals surface area (Å²) in [6, 6.07) is 11.0. The molecule has 0 aliphatic carbocycles. The Bertz CT molecular complexity index is 873. The molecule has 2 aromatic heterocycles. The maximum atomic E-state index is 12.1. The molecule has 0 saturated carbocycles. The fraction of sp³-hybridized carbons (Fsp3) is 0.176. The van der Waals surface area contributed by atoms with Crippen LogP contribution in [0.3, 0.4) is 0 Å². The van der Waals surface area contributed by atoms with E-state index in [1.54, 1.807) is 17.0 Å². The molecule has 0 bridgehead atoms. The SMILES string of the molecule is Cn1cnnc1-c1cccc(NC(=O)CCNC(=O)c2cccs2)c1. The lowest BCUT2D eigenvalue weighted by Gasteiger charge is -2.08. The molecule has 3 aromatic rings. The standard InChI is InChI=1S/C17H17N5O2S/c1-22-11-19-21-16(22)12-4-2-5-13(10-12)20-15(23)7-8-18-17(24)14-6-3-9-25-14/h2-6,9-11H,7-8H2,1H3,(H,18,24)(H,20,23). The van der Waals surface area contributed by atoms with Gasteiger partial charge in [0.25, 0.3) is 5.91 Å². The van der Waals surface area contributed by atoms with E-state index in [9.17, 15) is 9.59 Å². The Morgan fingerprint density at radius 3 is 2.84 bits per heavy atom. The number of hydrogen-bond donors (Lipinski definition) is 2. The van der Waals surface area contributed by atoms with Crippen molar-refractivity contribution in [3.05, 3.63) is 53.0 Å². The van der Waals surface area contributed by atoms with Crippen LogP contribution >= 0.6 is 11.3 Å². The van der Waals surface area contributed by atoms with Gasteiger partial charge in [-0.1, -0.05) is 18.2 Å². The predicted molar refractivity (Wildman–Crippen MR) is 96.3 cm³/mol. The predicted octanol–water partition coefficient (Wildman–Crippen LogP) is 2.30. The van der Waals surface area contributed by atoms with E-state index in [-0.39, 0.29) is 24.8 Å². The van der Waals surface area contributed by atoms with Crippen molar-refractivity contribution in [1.29, 1.82) is 0 Å². The summed E-state index contributed by atoms with van der Waals surface area (Å²) in [4.78, 5) is 24.5. The number of aromatic nitrogens is 3. The van der Waals surface area contributed by atoms with E-state index in [0.717, 1.165) is 11.4 Å². The summed E-state index contributed by atoms with van der Waals surface area (Å²) in [5.74, 6) is 0.396. The van der Waals surface area contributed by atoms with Crippen LogP contribution in [0.2, 0.25) is 0 Å². The van der Waals surface area contributed by atoms with E-state index in [2.05, 4.69) is 20.8 Å². The number of carbonyl (C=O) groups is 2. The number of benzene rings is 1. The van der Waals surface area contributed by atoms with Gasteiger partial charge >= 0.3 is 0 Å². The highest BCUT2D eigenvalue weighted by atomic mass is 32.1. The summed E-state index contributed by atoms with van der Waals surface area (Å²) >= 11 is 1.37. The van der Waals surface area contributed by atoms with Crippen LogP contribution in [-0.4, -0.2) is 33.1 Å². The zero-order valence-corrected chi connectivity index (χ0v) is 14.4. The second kappa shape index (κ2) is 7.71. The minimum absolute atomic E-state index is 0.160. The zero-order chi connectivity index (χ0) is 17.6. The molecular formula is C17H17N5O2S. The molecule has 1 aromatic carbocycles. The Hall–Kier alpha value is -3.00. The van der Waals surface area contributed by atoms with Gasteiger partial charge in [0.05, 0.1) is 4.88 Å². The maximum Gasteiger partial charge on any atom is 0.261 e. The van der Waals surface area contributed by atoms with Gasteiger partial charge in [0.2, 0.25) is 5.91 Å². The first-order valence-corrected chi connectivity index (χ1v) is 8.57. The van der Waals surface area contributed by atoms with Gasteiger partial charge in [-0.3, -0.25) is 9.59 Å². The van der Waals surface area contributed by atoms with Crippen LogP contribution in [0.1, 0.15) is 16.1 Å². The largest absolute Gasteiger partial charge is 0.351 e. The molecule has 0 radical (unpaired) electrons. The highest BCUT2D eigenvalue weighted by Crippen LogP contribution is 2.20. The van der Waals surface area contributed by atoms with E-state index >= 15 is 0 Å². The van der Waals surface area contributed by atoms with Gasteiger partial charge < -0.3 is 15.2 Å². The van der Waals surface area contributed by atoms with E-state index < -0.39 is 0 Å². The maximum absolute atomic E-state index is 12.1. The van der Waals surface area contributed by atoms with Crippen molar-refractivity contribution in [3.8, 4) is 11.4 Å². The van der Waals surface area contributed by atoms with E-state index in [1.165, 1.54) is 11.3 Å². The van der Waals surface area contributed by atoms with Gasteiger partial charge in [-0.05, 0) is 23.6 Å². The Morgan fingerprint density at radius 1 is 1.24 bits per heavy atom. The van der Waals surface area contributed by atoms with Crippen molar-refractivity contribution < 1.29 is 9.59 Å². The summed E-state index contributed by atoms with van der Waals surface area (Å²) in [6.07, 6.45) is 1.82. The molecule has 2 N–H and O–H groups in total. The van der Waals surface area contributed by atoms with Crippen molar-refractivity contribution >= 4 is 28.8 Å². The molecule has 8 heteroatoms. The van der Waals surface area contributed by atoms with Crippen LogP contribution in [0.25, 0.3) is 11.4 Å². The van der Waals surface area contributed by atoms with Crippen LogP contribution in [-0.2, 0) is 11.8 Å². The Labute approximate surface area is 148 Å². The number of nitrogens with zero attached hydrogens (tertiary/aromatic N) is 3. The molecule has 2 amide bonds. The van der Waals surface area contributed by atoms with E-state index in [0.29, 0.717) is 10.6 Å². The highest BCUT2D eigenvalue weighted by molar-refractivity contribution is 7.12. The Morgan fingerprint density at radius 2 is 2.12 bits per heavy atom. The quantitative estimate of drug-likeness (QED) is 0.710. The summed E-state index contributed by atoms with van der Waals surface area (Å²) in [5, 5.41) is 15.3. The van der Waals surface area contributed by atoms with E-state index in [1.807, 2.05) is 42.8 Å². The Balaban J connectivity index is 1.53. The van der Waals surface area contributed by atoms with Gasteiger partial charge in [-0.2, -0.15) is 0 Å².